The molecule has 0 aliphatic heterocycles. The third kappa shape index (κ3) is 10.5. The number of benzene rings is 1. The van der Waals surface area contributed by atoms with Crippen LogP contribution in [0, 0.1) is 5.92 Å². The van der Waals surface area contributed by atoms with Gasteiger partial charge in [-0.25, -0.2) is 0 Å². The summed E-state index contributed by atoms with van der Waals surface area (Å²) < 4.78 is 0. The van der Waals surface area contributed by atoms with Crippen LogP contribution in [0.5, 0.6) is 0 Å². The number of nitrogens with two attached hydrogens (primary N) is 1. The predicted octanol–water partition coefficient (Wildman–Crippen LogP) is 3.15. The van der Waals surface area contributed by atoms with Crippen molar-refractivity contribution >= 4 is 35.8 Å². The summed E-state index contributed by atoms with van der Waals surface area (Å²) in [6, 6.07) is 9.46. The second-order valence-corrected chi connectivity index (χ2v) is 6.26. The van der Waals surface area contributed by atoms with E-state index in [1.54, 1.807) is 12.1 Å². The molecular weight excluding hydrogens is 415 g/mol. The number of rotatable bonds is 9. The lowest BCUT2D eigenvalue weighted by molar-refractivity contribution is 0.0955. The highest BCUT2D eigenvalue weighted by Gasteiger charge is 2.04. The molecule has 1 atom stereocenters. The van der Waals surface area contributed by atoms with Crippen LogP contribution in [0.3, 0.4) is 0 Å². The number of carbonyl (C=O) groups excluding carboxylic acids is 1. The molecule has 0 saturated carbocycles. The molecule has 1 rings (SSSR count). The van der Waals surface area contributed by atoms with Crippen LogP contribution >= 0.6 is 24.0 Å². The zero-order valence-corrected chi connectivity index (χ0v) is 17.2. The quantitative estimate of drug-likeness (QED) is 0.236. The van der Waals surface area contributed by atoms with Crippen molar-refractivity contribution in [1.29, 1.82) is 0 Å². The Hall–Kier alpha value is -1.31. The van der Waals surface area contributed by atoms with Gasteiger partial charge < -0.3 is 16.4 Å². The fourth-order valence-corrected chi connectivity index (χ4v) is 2.24. The van der Waals surface area contributed by atoms with Crippen molar-refractivity contribution in [3.8, 4) is 0 Å². The van der Waals surface area contributed by atoms with E-state index in [4.69, 9.17) is 5.73 Å². The van der Waals surface area contributed by atoms with Gasteiger partial charge in [0.25, 0.3) is 5.91 Å². The molecule has 0 radical (unpaired) electrons. The van der Waals surface area contributed by atoms with Crippen LogP contribution in [0.15, 0.2) is 35.3 Å². The van der Waals surface area contributed by atoms with E-state index in [1.165, 1.54) is 12.8 Å². The number of halogens is 1. The van der Waals surface area contributed by atoms with E-state index in [0.717, 1.165) is 12.3 Å². The lowest BCUT2D eigenvalue weighted by atomic mass is 10.0. The van der Waals surface area contributed by atoms with Gasteiger partial charge in [0.2, 0.25) is 0 Å². The number of guanidine groups is 1. The fourth-order valence-electron chi connectivity index (χ4n) is 2.24. The Morgan fingerprint density at radius 2 is 1.83 bits per heavy atom. The Morgan fingerprint density at radius 3 is 2.46 bits per heavy atom. The molecule has 24 heavy (non-hydrogen) atoms. The van der Waals surface area contributed by atoms with E-state index >= 15 is 0 Å². The van der Waals surface area contributed by atoms with Crippen molar-refractivity contribution < 1.29 is 4.79 Å². The molecule has 0 fully saturated rings. The van der Waals surface area contributed by atoms with Crippen LogP contribution in [0.4, 0.5) is 0 Å². The van der Waals surface area contributed by atoms with Gasteiger partial charge in [0.1, 0.15) is 0 Å². The molecule has 0 bridgehead atoms. The minimum atomic E-state index is -0.0885. The van der Waals surface area contributed by atoms with Crippen molar-refractivity contribution in [2.24, 2.45) is 16.6 Å². The van der Waals surface area contributed by atoms with E-state index in [-0.39, 0.29) is 29.9 Å². The first kappa shape index (κ1) is 22.7. The molecule has 5 nitrogen and oxygen atoms in total. The van der Waals surface area contributed by atoms with Crippen LogP contribution in [0.2, 0.25) is 0 Å². The molecule has 1 aromatic carbocycles. The average molecular weight is 446 g/mol. The lowest BCUT2D eigenvalue weighted by Gasteiger charge is -2.15. The number of hydrogen-bond acceptors (Lipinski definition) is 2. The monoisotopic (exact) mass is 446 g/mol. The van der Waals surface area contributed by atoms with Crippen LogP contribution in [0.25, 0.3) is 0 Å². The number of amides is 1. The maximum absolute atomic E-state index is 11.8. The smallest absolute Gasteiger partial charge is 0.251 e. The van der Waals surface area contributed by atoms with E-state index in [1.807, 2.05) is 18.2 Å². The third-order valence-corrected chi connectivity index (χ3v) is 3.53. The Morgan fingerprint density at radius 1 is 1.17 bits per heavy atom. The molecule has 0 saturated heterocycles. The average Bonchev–Trinajstić information content (AvgIpc) is 2.51. The SMILES string of the molecule is CC(C)CCCC(C)NC(N)=NCCNC(=O)c1ccccc1.I. The second kappa shape index (κ2) is 13.0. The van der Waals surface area contributed by atoms with E-state index in [0.29, 0.717) is 30.7 Å². The van der Waals surface area contributed by atoms with Gasteiger partial charge in [-0.1, -0.05) is 44.9 Å². The maximum Gasteiger partial charge on any atom is 0.251 e. The molecular formula is C18H31IN4O. The van der Waals surface area contributed by atoms with Crippen LogP contribution in [0.1, 0.15) is 50.4 Å². The highest BCUT2D eigenvalue weighted by Crippen LogP contribution is 2.07. The zero-order valence-electron chi connectivity index (χ0n) is 14.9. The van der Waals surface area contributed by atoms with Gasteiger partial charge in [0.15, 0.2) is 5.96 Å². The van der Waals surface area contributed by atoms with Crippen molar-refractivity contribution in [3.05, 3.63) is 35.9 Å². The van der Waals surface area contributed by atoms with Crippen LogP contribution in [-0.2, 0) is 0 Å². The third-order valence-electron chi connectivity index (χ3n) is 3.53. The van der Waals surface area contributed by atoms with Gasteiger partial charge in [0.05, 0.1) is 6.54 Å². The molecule has 4 N–H and O–H groups in total. The number of nitrogens with one attached hydrogen (secondary N) is 2. The van der Waals surface area contributed by atoms with E-state index < -0.39 is 0 Å². The maximum atomic E-state index is 11.8. The summed E-state index contributed by atoms with van der Waals surface area (Å²) in [5, 5.41) is 6.01. The molecule has 0 spiro atoms. The number of carbonyl (C=O) groups is 1. The Balaban J connectivity index is 0.00000529. The summed E-state index contributed by atoms with van der Waals surface area (Å²) >= 11 is 0. The molecule has 1 amide bonds. The Bertz CT molecular complexity index is 491. The van der Waals surface area contributed by atoms with Gasteiger partial charge >= 0.3 is 0 Å². The molecule has 0 heterocycles. The molecule has 1 unspecified atom stereocenters. The highest BCUT2D eigenvalue weighted by molar-refractivity contribution is 14.0. The van der Waals surface area contributed by atoms with Crippen LogP contribution in [-0.4, -0.2) is 31.0 Å². The molecule has 0 aliphatic carbocycles. The fraction of sp³-hybridized carbons (Fsp3) is 0.556. The summed E-state index contributed by atoms with van der Waals surface area (Å²) in [6.07, 6.45) is 3.50. The molecule has 1 aromatic rings. The van der Waals surface area contributed by atoms with Gasteiger partial charge in [-0.2, -0.15) is 0 Å². The topological polar surface area (TPSA) is 79.5 Å². The second-order valence-electron chi connectivity index (χ2n) is 6.26. The van der Waals surface area contributed by atoms with Gasteiger partial charge in [-0.15, -0.1) is 24.0 Å². The largest absolute Gasteiger partial charge is 0.370 e. The molecule has 0 aromatic heterocycles. The van der Waals surface area contributed by atoms with Gasteiger partial charge in [-0.05, 0) is 31.4 Å². The number of hydrogen-bond donors (Lipinski definition) is 3. The van der Waals surface area contributed by atoms with Gasteiger partial charge in [-0.3, -0.25) is 9.79 Å². The standard InChI is InChI=1S/C18H30N4O.HI/c1-14(2)8-7-9-15(3)22-18(19)21-13-12-20-17(23)16-10-5-4-6-11-16;/h4-6,10-11,14-15H,7-9,12-13H2,1-3H3,(H,20,23)(H3,19,21,22);1H. The van der Waals surface area contributed by atoms with Crippen molar-refractivity contribution in [1.82, 2.24) is 10.6 Å². The lowest BCUT2D eigenvalue weighted by Crippen LogP contribution is -2.39. The van der Waals surface area contributed by atoms with Crippen molar-refractivity contribution in [3.63, 3.8) is 0 Å². The summed E-state index contributed by atoms with van der Waals surface area (Å²) in [7, 11) is 0. The molecule has 6 heteroatoms. The zero-order chi connectivity index (χ0) is 17.1. The summed E-state index contributed by atoms with van der Waals surface area (Å²) in [6.45, 7) is 7.52. The van der Waals surface area contributed by atoms with Crippen LogP contribution < -0.4 is 16.4 Å². The van der Waals surface area contributed by atoms with Crippen molar-refractivity contribution in [2.75, 3.05) is 13.1 Å². The Labute approximate surface area is 162 Å². The van der Waals surface area contributed by atoms with Gasteiger partial charge in [0, 0.05) is 18.2 Å². The molecule has 136 valence electrons. The van der Waals surface area contributed by atoms with E-state index in [2.05, 4.69) is 36.4 Å². The highest BCUT2D eigenvalue weighted by atomic mass is 127. The first-order valence-electron chi connectivity index (χ1n) is 8.38. The molecule has 0 aliphatic rings. The number of aliphatic imine (C=N–C) groups is 1. The summed E-state index contributed by atoms with van der Waals surface area (Å²) in [5.41, 5.74) is 6.51. The summed E-state index contributed by atoms with van der Waals surface area (Å²) in [5.74, 6) is 1.09. The van der Waals surface area contributed by atoms with Crippen molar-refractivity contribution in [2.45, 2.75) is 46.1 Å². The Kier molecular flexibility index (Phi) is 12.3. The van der Waals surface area contributed by atoms with E-state index in [9.17, 15) is 4.79 Å². The minimum Gasteiger partial charge on any atom is -0.370 e. The number of nitrogens with zero attached hydrogens (tertiary/aromatic N) is 1. The minimum absolute atomic E-state index is 0. The first-order valence-corrected chi connectivity index (χ1v) is 8.38. The normalized spacial score (nSPS) is 12.4. The first-order chi connectivity index (χ1) is 11.0. The summed E-state index contributed by atoms with van der Waals surface area (Å²) in [4.78, 5) is 16.1. The predicted molar refractivity (Wildman–Crippen MR) is 112 cm³/mol.